The van der Waals surface area contributed by atoms with Gasteiger partial charge in [-0.15, -0.1) is 0 Å². The van der Waals surface area contributed by atoms with E-state index in [1.54, 1.807) is 0 Å². The van der Waals surface area contributed by atoms with Gasteiger partial charge in [0.2, 0.25) is 0 Å². The molecule has 2 nitrogen and oxygen atoms in total. The Balaban J connectivity index is 2.45. The minimum atomic E-state index is -0.596. The Bertz CT molecular complexity index is 130. The number of alkyl halides is 1. The van der Waals surface area contributed by atoms with Gasteiger partial charge < -0.3 is 5.21 Å². The monoisotopic (exact) mass is 145 g/mol. The molecule has 0 atom stereocenters. The topological polar surface area (TPSA) is 32.6 Å². The molecule has 0 saturated heterocycles. The smallest absolute Gasteiger partial charge is 0.131 e. The Labute approximate surface area is 59.7 Å². The van der Waals surface area contributed by atoms with Crippen molar-refractivity contribution in [1.82, 2.24) is 0 Å². The highest BCUT2D eigenvalue weighted by Crippen LogP contribution is 2.25. The molecule has 0 aromatic rings. The number of rotatable bonds is 2. The van der Waals surface area contributed by atoms with Crippen LogP contribution in [0.5, 0.6) is 0 Å². The summed E-state index contributed by atoms with van der Waals surface area (Å²) >= 11 is 0. The van der Waals surface area contributed by atoms with Crippen molar-refractivity contribution >= 4 is 5.71 Å². The Hall–Kier alpha value is -0.600. The number of hydrogen-bond donors (Lipinski definition) is 1. The van der Waals surface area contributed by atoms with Crippen LogP contribution in [-0.4, -0.2) is 17.6 Å². The quantitative estimate of drug-likeness (QED) is 0.359. The Morgan fingerprint density at radius 2 is 2.10 bits per heavy atom. The minimum Gasteiger partial charge on any atom is -0.411 e. The molecule has 1 aliphatic rings. The van der Waals surface area contributed by atoms with Crippen LogP contribution in [0.15, 0.2) is 5.16 Å². The lowest BCUT2D eigenvalue weighted by Crippen LogP contribution is -2.12. The van der Waals surface area contributed by atoms with Crippen LogP contribution < -0.4 is 0 Å². The molecule has 0 radical (unpaired) electrons. The molecule has 0 amide bonds. The normalized spacial score (nSPS) is 21.9. The number of nitrogens with zero attached hydrogens (tertiary/aromatic N) is 1. The van der Waals surface area contributed by atoms with E-state index in [2.05, 4.69) is 5.16 Å². The molecule has 0 spiro atoms. The van der Waals surface area contributed by atoms with Gasteiger partial charge in [-0.25, -0.2) is 4.39 Å². The van der Waals surface area contributed by atoms with E-state index in [1.807, 2.05) is 0 Å². The second-order valence-corrected chi connectivity index (χ2v) is 2.71. The zero-order valence-electron chi connectivity index (χ0n) is 5.89. The fourth-order valence-electron chi connectivity index (χ4n) is 1.48. The molecule has 1 saturated carbocycles. The molecule has 1 rings (SSSR count). The highest BCUT2D eigenvalue weighted by Gasteiger charge is 2.20. The lowest BCUT2D eigenvalue weighted by atomic mass is 10.0. The molecule has 1 N–H and O–H groups in total. The van der Waals surface area contributed by atoms with E-state index >= 15 is 0 Å². The first-order chi connectivity index (χ1) is 4.88. The first kappa shape index (κ1) is 7.51. The van der Waals surface area contributed by atoms with Crippen LogP contribution in [0.25, 0.3) is 0 Å². The minimum absolute atomic E-state index is 0.218. The molecule has 1 fully saturated rings. The summed E-state index contributed by atoms with van der Waals surface area (Å²) in [5.41, 5.74) is 0.331. The Morgan fingerprint density at radius 1 is 1.50 bits per heavy atom. The third-order valence-electron chi connectivity index (χ3n) is 2.09. The molecule has 3 heteroatoms. The van der Waals surface area contributed by atoms with Gasteiger partial charge in [-0.3, -0.25) is 0 Å². The maximum atomic E-state index is 12.0. The molecule has 0 heterocycles. The lowest BCUT2D eigenvalue weighted by Gasteiger charge is -2.05. The largest absolute Gasteiger partial charge is 0.411 e. The highest BCUT2D eigenvalue weighted by molar-refractivity contribution is 5.87. The van der Waals surface area contributed by atoms with Gasteiger partial charge in [0, 0.05) is 5.92 Å². The van der Waals surface area contributed by atoms with E-state index < -0.39 is 6.67 Å². The molecule has 1 aliphatic carbocycles. The summed E-state index contributed by atoms with van der Waals surface area (Å²) in [4.78, 5) is 0. The summed E-state index contributed by atoms with van der Waals surface area (Å²) in [7, 11) is 0. The molecule has 0 unspecified atom stereocenters. The van der Waals surface area contributed by atoms with Gasteiger partial charge in [0.15, 0.2) is 0 Å². The first-order valence-corrected chi connectivity index (χ1v) is 3.65. The zero-order valence-corrected chi connectivity index (χ0v) is 5.89. The van der Waals surface area contributed by atoms with Crippen molar-refractivity contribution in [2.45, 2.75) is 25.7 Å². The third-order valence-corrected chi connectivity index (χ3v) is 2.09. The lowest BCUT2D eigenvalue weighted by molar-refractivity contribution is 0.310. The molecule has 10 heavy (non-hydrogen) atoms. The molecule has 58 valence electrons. The first-order valence-electron chi connectivity index (χ1n) is 3.65. The third kappa shape index (κ3) is 1.46. The fourth-order valence-corrected chi connectivity index (χ4v) is 1.48. The Kier molecular flexibility index (Phi) is 2.66. The van der Waals surface area contributed by atoms with Crippen molar-refractivity contribution in [3.05, 3.63) is 0 Å². The summed E-state index contributed by atoms with van der Waals surface area (Å²) in [6.45, 7) is -0.596. The second kappa shape index (κ2) is 3.54. The predicted molar refractivity (Wildman–Crippen MR) is 37.2 cm³/mol. The van der Waals surface area contributed by atoms with Gasteiger partial charge in [0.1, 0.15) is 6.67 Å². The van der Waals surface area contributed by atoms with Crippen molar-refractivity contribution in [3.63, 3.8) is 0 Å². The van der Waals surface area contributed by atoms with Crippen LogP contribution in [0.2, 0.25) is 0 Å². The summed E-state index contributed by atoms with van der Waals surface area (Å²) in [6.07, 6.45) is 4.26. The number of hydrogen-bond acceptors (Lipinski definition) is 2. The molecular weight excluding hydrogens is 133 g/mol. The Morgan fingerprint density at radius 3 is 2.50 bits per heavy atom. The molecule has 0 aromatic carbocycles. The highest BCUT2D eigenvalue weighted by atomic mass is 19.1. The van der Waals surface area contributed by atoms with E-state index in [0.717, 1.165) is 25.7 Å². The molecule has 0 bridgehead atoms. The molecule has 0 aliphatic heterocycles. The van der Waals surface area contributed by atoms with Crippen LogP contribution in [-0.2, 0) is 0 Å². The maximum absolute atomic E-state index is 12.0. The fraction of sp³-hybridized carbons (Fsp3) is 0.857. The molecular formula is C7H12FNO. The standard InChI is InChI=1S/C7H12FNO/c8-5-7(9-10)6-3-1-2-4-6/h6,10H,1-5H2/b9-7+. The van der Waals surface area contributed by atoms with Gasteiger partial charge in [-0.05, 0) is 12.8 Å². The SMILES string of the molecule is O/N=C(\CF)C1CCCC1. The summed E-state index contributed by atoms with van der Waals surface area (Å²) < 4.78 is 12.0. The average molecular weight is 145 g/mol. The second-order valence-electron chi connectivity index (χ2n) is 2.71. The van der Waals surface area contributed by atoms with Crippen molar-refractivity contribution in [2.75, 3.05) is 6.67 Å². The summed E-state index contributed by atoms with van der Waals surface area (Å²) in [5.74, 6) is 0.218. The van der Waals surface area contributed by atoms with E-state index in [9.17, 15) is 4.39 Å². The van der Waals surface area contributed by atoms with Crippen LogP contribution in [0, 0.1) is 5.92 Å². The van der Waals surface area contributed by atoms with E-state index in [-0.39, 0.29) is 5.92 Å². The van der Waals surface area contributed by atoms with Gasteiger partial charge in [-0.1, -0.05) is 18.0 Å². The summed E-state index contributed by atoms with van der Waals surface area (Å²) in [6, 6.07) is 0. The van der Waals surface area contributed by atoms with Gasteiger partial charge in [-0.2, -0.15) is 0 Å². The predicted octanol–water partition coefficient (Wildman–Crippen LogP) is 1.98. The maximum Gasteiger partial charge on any atom is 0.131 e. The van der Waals surface area contributed by atoms with Crippen LogP contribution in [0.4, 0.5) is 4.39 Å². The zero-order chi connectivity index (χ0) is 7.40. The van der Waals surface area contributed by atoms with E-state index in [0.29, 0.717) is 5.71 Å². The van der Waals surface area contributed by atoms with Gasteiger partial charge in [0.25, 0.3) is 0 Å². The van der Waals surface area contributed by atoms with E-state index in [4.69, 9.17) is 5.21 Å². The number of oxime groups is 1. The van der Waals surface area contributed by atoms with Crippen molar-refractivity contribution in [3.8, 4) is 0 Å². The van der Waals surface area contributed by atoms with Gasteiger partial charge in [0.05, 0.1) is 5.71 Å². The average Bonchev–Trinajstić information content (AvgIpc) is 2.43. The molecule has 0 aromatic heterocycles. The van der Waals surface area contributed by atoms with Crippen LogP contribution >= 0.6 is 0 Å². The van der Waals surface area contributed by atoms with Crippen molar-refractivity contribution < 1.29 is 9.60 Å². The van der Waals surface area contributed by atoms with Crippen LogP contribution in [0.1, 0.15) is 25.7 Å². The van der Waals surface area contributed by atoms with Crippen molar-refractivity contribution in [2.24, 2.45) is 11.1 Å². The summed E-state index contributed by atoms with van der Waals surface area (Å²) in [5, 5.41) is 11.3. The van der Waals surface area contributed by atoms with E-state index in [1.165, 1.54) is 0 Å². The van der Waals surface area contributed by atoms with Crippen molar-refractivity contribution in [1.29, 1.82) is 0 Å². The van der Waals surface area contributed by atoms with Gasteiger partial charge >= 0.3 is 0 Å². The van der Waals surface area contributed by atoms with Crippen LogP contribution in [0.3, 0.4) is 0 Å². The number of halogens is 1.